The molecule has 0 heterocycles. The summed E-state index contributed by atoms with van der Waals surface area (Å²) in [6.45, 7) is 0. The second-order valence-corrected chi connectivity index (χ2v) is 5.31. The van der Waals surface area contributed by atoms with E-state index in [2.05, 4.69) is 15.9 Å². The topological polar surface area (TPSA) is 72.8 Å². The number of carboxylic acids is 1. The fourth-order valence-corrected chi connectivity index (χ4v) is 2.27. The van der Waals surface area contributed by atoms with Gasteiger partial charge in [-0.25, -0.2) is 9.59 Å². The van der Waals surface area contributed by atoms with Crippen LogP contribution >= 0.6 is 15.9 Å². The lowest BCUT2D eigenvalue weighted by atomic mass is 10.2. The fraction of sp³-hybridized carbons (Fsp3) is 0.0588. The van der Waals surface area contributed by atoms with E-state index in [9.17, 15) is 9.59 Å². The Morgan fingerprint density at radius 2 is 1.83 bits per heavy atom. The number of hydrogen-bond acceptors (Lipinski definition) is 4. The van der Waals surface area contributed by atoms with Crippen molar-refractivity contribution in [2.75, 3.05) is 7.11 Å². The van der Waals surface area contributed by atoms with Crippen molar-refractivity contribution in [1.29, 1.82) is 0 Å². The third kappa shape index (κ3) is 4.43. The predicted molar refractivity (Wildman–Crippen MR) is 88.8 cm³/mol. The van der Waals surface area contributed by atoms with E-state index in [0.717, 1.165) is 6.08 Å². The van der Waals surface area contributed by atoms with E-state index in [1.807, 2.05) is 0 Å². The highest BCUT2D eigenvalue weighted by atomic mass is 79.9. The number of halogens is 1. The number of esters is 1. The Kier molecular flexibility index (Phi) is 5.54. The van der Waals surface area contributed by atoms with Gasteiger partial charge in [-0.3, -0.25) is 0 Å². The number of ether oxygens (including phenoxy) is 2. The van der Waals surface area contributed by atoms with Gasteiger partial charge in [0.05, 0.1) is 12.7 Å². The van der Waals surface area contributed by atoms with Crippen molar-refractivity contribution < 1.29 is 24.2 Å². The molecule has 0 aromatic heterocycles. The highest BCUT2D eigenvalue weighted by Gasteiger charge is 2.14. The van der Waals surface area contributed by atoms with Gasteiger partial charge in [0.15, 0.2) is 11.5 Å². The van der Waals surface area contributed by atoms with Gasteiger partial charge in [0.1, 0.15) is 0 Å². The molecule has 0 bridgehead atoms. The van der Waals surface area contributed by atoms with Gasteiger partial charge < -0.3 is 14.6 Å². The zero-order valence-corrected chi connectivity index (χ0v) is 13.7. The second kappa shape index (κ2) is 7.60. The average molecular weight is 377 g/mol. The Labute approximate surface area is 141 Å². The number of hydrogen-bond donors (Lipinski definition) is 1. The average Bonchev–Trinajstić information content (AvgIpc) is 2.54. The van der Waals surface area contributed by atoms with Crippen LogP contribution in [-0.4, -0.2) is 24.2 Å². The van der Waals surface area contributed by atoms with Crippen LogP contribution in [0, 0.1) is 0 Å². The van der Waals surface area contributed by atoms with Gasteiger partial charge in [0.2, 0.25) is 0 Å². The number of carbonyl (C=O) groups excluding carboxylic acids is 1. The lowest BCUT2D eigenvalue weighted by molar-refractivity contribution is -0.131. The molecular weight excluding hydrogens is 364 g/mol. The lowest BCUT2D eigenvalue weighted by Crippen LogP contribution is -2.09. The number of carboxylic acid groups (broad SMARTS) is 1. The zero-order valence-electron chi connectivity index (χ0n) is 12.2. The summed E-state index contributed by atoms with van der Waals surface area (Å²) in [5.74, 6) is -1.01. The maximum atomic E-state index is 12.1. The molecular formula is C17H13BrO5. The van der Waals surface area contributed by atoms with E-state index in [1.54, 1.807) is 42.5 Å². The zero-order chi connectivity index (χ0) is 16.8. The number of methoxy groups -OCH3 is 1. The summed E-state index contributed by atoms with van der Waals surface area (Å²) >= 11 is 3.32. The van der Waals surface area contributed by atoms with Crippen LogP contribution < -0.4 is 9.47 Å². The standard InChI is InChI=1S/C17H13BrO5/c1-22-14-9-12(7-8-16(19)20)13(18)10-15(14)23-17(21)11-5-3-2-4-6-11/h2-10H,1H3,(H,19,20). The molecule has 0 atom stereocenters. The quantitative estimate of drug-likeness (QED) is 0.488. The molecule has 1 N–H and O–H groups in total. The number of carbonyl (C=O) groups is 2. The van der Waals surface area contributed by atoms with Crippen molar-refractivity contribution in [2.45, 2.75) is 0 Å². The van der Waals surface area contributed by atoms with Crippen LogP contribution in [0.3, 0.4) is 0 Å². The Morgan fingerprint density at radius 1 is 1.13 bits per heavy atom. The molecule has 2 rings (SSSR count). The molecule has 0 saturated heterocycles. The van der Waals surface area contributed by atoms with Crippen molar-refractivity contribution >= 4 is 33.9 Å². The molecule has 2 aromatic carbocycles. The normalized spacial score (nSPS) is 10.5. The SMILES string of the molecule is COc1cc(C=CC(=O)O)c(Br)cc1OC(=O)c1ccccc1. The van der Waals surface area contributed by atoms with Gasteiger partial charge in [-0.05, 0) is 35.9 Å². The minimum atomic E-state index is -1.06. The molecule has 5 nitrogen and oxygen atoms in total. The molecule has 0 amide bonds. The molecule has 118 valence electrons. The summed E-state index contributed by atoms with van der Waals surface area (Å²) in [5.41, 5.74) is 1.00. The van der Waals surface area contributed by atoms with E-state index < -0.39 is 11.9 Å². The Balaban J connectivity index is 2.30. The summed E-state index contributed by atoms with van der Waals surface area (Å²) in [6, 6.07) is 11.7. The number of benzene rings is 2. The van der Waals surface area contributed by atoms with Crippen LogP contribution in [-0.2, 0) is 4.79 Å². The molecule has 0 aliphatic rings. The molecule has 2 aromatic rings. The molecule has 0 radical (unpaired) electrons. The molecule has 0 saturated carbocycles. The molecule has 0 unspecified atom stereocenters. The van der Waals surface area contributed by atoms with Gasteiger partial charge >= 0.3 is 11.9 Å². The summed E-state index contributed by atoms with van der Waals surface area (Å²) in [5, 5.41) is 8.69. The first kappa shape index (κ1) is 16.8. The molecule has 0 spiro atoms. The van der Waals surface area contributed by atoms with E-state index >= 15 is 0 Å². The van der Waals surface area contributed by atoms with Crippen LogP contribution in [0.5, 0.6) is 11.5 Å². The van der Waals surface area contributed by atoms with Gasteiger partial charge in [-0.15, -0.1) is 0 Å². The lowest BCUT2D eigenvalue weighted by Gasteiger charge is -2.11. The molecule has 23 heavy (non-hydrogen) atoms. The van der Waals surface area contributed by atoms with Gasteiger partial charge in [-0.2, -0.15) is 0 Å². The van der Waals surface area contributed by atoms with Crippen molar-refractivity contribution in [2.24, 2.45) is 0 Å². The first-order valence-corrected chi connectivity index (χ1v) is 7.36. The Hall–Kier alpha value is -2.60. The third-order valence-electron chi connectivity index (χ3n) is 2.90. The van der Waals surface area contributed by atoms with Gasteiger partial charge in [0.25, 0.3) is 0 Å². The smallest absolute Gasteiger partial charge is 0.343 e. The maximum absolute atomic E-state index is 12.1. The first-order chi connectivity index (χ1) is 11.0. The highest BCUT2D eigenvalue weighted by molar-refractivity contribution is 9.10. The van der Waals surface area contributed by atoms with E-state index in [4.69, 9.17) is 14.6 Å². The van der Waals surface area contributed by atoms with Crippen molar-refractivity contribution in [3.05, 3.63) is 64.1 Å². The predicted octanol–water partition coefficient (Wildman–Crippen LogP) is 3.77. The number of aliphatic carboxylic acids is 1. The van der Waals surface area contributed by atoms with Crippen LogP contribution in [0.4, 0.5) is 0 Å². The van der Waals surface area contributed by atoms with Gasteiger partial charge in [-0.1, -0.05) is 34.1 Å². The molecule has 0 fully saturated rings. The second-order valence-electron chi connectivity index (χ2n) is 4.45. The van der Waals surface area contributed by atoms with Crippen LogP contribution in [0.25, 0.3) is 6.08 Å². The van der Waals surface area contributed by atoms with Gasteiger partial charge in [0, 0.05) is 10.5 Å². The fourth-order valence-electron chi connectivity index (χ4n) is 1.81. The van der Waals surface area contributed by atoms with Crippen molar-refractivity contribution in [3.8, 4) is 11.5 Å². The number of rotatable bonds is 5. The van der Waals surface area contributed by atoms with Crippen LogP contribution in [0.15, 0.2) is 53.0 Å². The highest BCUT2D eigenvalue weighted by Crippen LogP contribution is 2.34. The first-order valence-electron chi connectivity index (χ1n) is 6.57. The summed E-state index contributed by atoms with van der Waals surface area (Å²) < 4.78 is 11.1. The molecule has 6 heteroatoms. The van der Waals surface area contributed by atoms with E-state index in [1.165, 1.54) is 13.2 Å². The largest absolute Gasteiger partial charge is 0.493 e. The Bertz CT molecular complexity index is 753. The maximum Gasteiger partial charge on any atom is 0.343 e. The monoisotopic (exact) mass is 376 g/mol. The van der Waals surface area contributed by atoms with Crippen LogP contribution in [0.2, 0.25) is 0 Å². The minimum absolute atomic E-state index is 0.237. The molecule has 0 aliphatic heterocycles. The molecule has 0 aliphatic carbocycles. The van der Waals surface area contributed by atoms with Crippen molar-refractivity contribution in [3.63, 3.8) is 0 Å². The summed E-state index contributed by atoms with van der Waals surface area (Å²) in [4.78, 5) is 22.7. The summed E-state index contributed by atoms with van der Waals surface area (Å²) in [6.07, 6.45) is 2.42. The Morgan fingerprint density at radius 3 is 2.43 bits per heavy atom. The summed E-state index contributed by atoms with van der Waals surface area (Å²) in [7, 11) is 1.44. The minimum Gasteiger partial charge on any atom is -0.493 e. The third-order valence-corrected chi connectivity index (χ3v) is 3.59. The van der Waals surface area contributed by atoms with Crippen LogP contribution in [0.1, 0.15) is 15.9 Å². The van der Waals surface area contributed by atoms with Crippen molar-refractivity contribution in [1.82, 2.24) is 0 Å². The van der Waals surface area contributed by atoms with E-state index in [0.29, 0.717) is 21.3 Å². The van der Waals surface area contributed by atoms with E-state index in [-0.39, 0.29) is 5.75 Å².